The van der Waals surface area contributed by atoms with Crippen molar-refractivity contribution in [1.29, 1.82) is 0 Å². The van der Waals surface area contributed by atoms with Crippen LogP contribution >= 0.6 is 23.5 Å². The van der Waals surface area contributed by atoms with Crippen molar-refractivity contribution in [3.8, 4) is 0 Å². The zero-order valence-electron chi connectivity index (χ0n) is 16.3. The number of hydrogen-bond donors (Lipinski definition) is 6. The van der Waals surface area contributed by atoms with E-state index in [1.54, 1.807) is 11.8 Å². The number of hydrogen-bond acceptors (Lipinski definition) is 7. The number of carboxylic acid groups (broad SMARTS) is 1. The number of rotatable bonds is 15. The average molecular weight is 437 g/mol. The summed E-state index contributed by atoms with van der Waals surface area (Å²) in [5, 5.41) is 14.4. The summed E-state index contributed by atoms with van der Waals surface area (Å²) >= 11 is 3.05. The van der Waals surface area contributed by atoms with Gasteiger partial charge in [0.15, 0.2) is 5.96 Å². The lowest BCUT2D eigenvalue weighted by Crippen LogP contribution is -2.54. The van der Waals surface area contributed by atoms with E-state index in [9.17, 15) is 19.5 Å². The Balaban J connectivity index is 5.01. The lowest BCUT2D eigenvalue weighted by molar-refractivity contribution is -0.142. The van der Waals surface area contributed by atoms with E-state index in [0.29, 0.717) is 24.3 Å². The van der Waals surface area contributed by atoms with Crippen molar-refractivity contribution in [3.05, 3.63) is 0 Å². The molecule has 0 aromatic rings. The smallest absolute Gasteiger partial charge is 0.326 e. The van der Waals surface area contributed by atoms with Crippen molar-refractivity contribution in [2.75, 3.05) is 30.6 Å². The molecule has 3 atom stereocenters. The first-order chi connectivity index (χ1) is 13.2. The summed E-state index contributed by atoms with van der Waals surface area (Å²) in [6.07, 6.45) is 5.19. The summed E-state index contributed by atoms with van der Waals surface area (Å²) in [5.41, 5.74) is 16.4. The van der Waals surface area contributed by atoms with Gasteiger partial charge in [-0.3, -0.25) is 14.6 Å². The van der Waals surface area contributed by atoms with Gasteiger partial charge in [-0.15, -0.1) is 0 Å². The molecule has 0 saturated heterocycles. The highest BCUT2D eigenvalue weighted by atomic mass is 32.2. The fourth-order valence-corrected chi connectivity index (χ4v) is 3.15. The van der Waals surface area contributed by atoms with Gasteiger partial charge >= 0.3 is 5.97 Å². The highest BCUT2D eigenvalue weighted by Gasteiger charge is 2.27. The van der Waals surface area contributed by atoms with Crippen LogP contribution in [0.25, 0.3) is 0 Å². The summed E-state index contributed by atoms with van der Waals surface area (Å²) in [6.45, 7) is 0.287. The molecular formula is C16H32N6O4S2. The van der Waals surface area contributed by atoms with E-state index in [2.05, 4.69) is 15.6 Å². The fourth-order valence-electron chi connectivity index (χ4n) is 2.19. The predicted molar refractivity (Wildman–Crippen MR) is 115 cm³/mol. The fraction of sp³-hybridized carbons (Fsp3) is 0.750. The molecule has 10 nitrogen and oxygen atoms in total. The molecule has 0 aliphatic rings. The number of nitrogens with two attached hydrogens (primary N) is 3. The van der Waals surface area contributed by atoms with Crippen molar-refractivity contribution in [2.45, 2.75) is 43.8 Å². The highest BCUT2D eigenvalue weighted by Crippen LogP contribution is 2.05. The molecule has 3 unspecified atom stereocenters. The first-order valence-corrected chi connectivity index (χ1v) is 11.6. The lowest BCUT2D eigenvalue weighted by Gasteiger charge is -2.22. The quantitative estimate of drug-likeness (QED) is 0.106. The second kappa shape index (κ2) is 15.3. The Bertz CT molecular complexity index is 531. The largest absolute Gasteiger partial charge is 0.480 e. The SMILES string of the molecule is CSCCC(N)C(=O)NC(CCCN=C(N)N)C(=O)NC(CCSC)C(=O)O. The summed E-state index contributed by atoms with van der Waals surface area (Å²) in [7, 11) is 0. The monoisotopic (exact) mass is 436 g/mol. The van der Waals surface area contributed by atoms with Crippen LogP contribution in [0.15, 0.2) is 4.99 Å². The van der Waals surface area contributed by atoms with Crippen LogP contribution in [0, 0.1) is 0 Å². The van der Waals surface area contributed by atoms with Gasteiger partial charge in [-0.25, -0.2) is 4.79 Å². The molecule has 28 heavy (non-hydrogen) atoms. The molecule has 0 rings (SSSR count). The normalized spacial score (nSPS) is 13.8. The Morgan fingerprint density at radius 3 is 2.07 bits per heavy atom. The molecule has 0 spiro atoms. The predicted octanol–water partition coefficient (Wildman–Crippen LogP) is -1.07. The van der Waals surface area contributed by atoms with Gasteiger partial charge in [0, 0.05) is 6.54 Å². The Morgan fingerprint density at radius 2 is 1.54 bits per heavy atom. The standard InChI is InChI=1S/C16H32N6O4S2/c1-27-8-5-10(17)13(23)21-11(4-3-7-20-16(18)19)14(24)22-12(15(25)26)6-9-28-2/h10-12H,3-9,17H2,1-2H3,(H,21,23)(H,22,24)(H,25,26)(H4,18,19,20). The molecule has 0 aromatic carbocycles. The average Bonchev–Trinajstić information content (AvgIpc) is 2.64. The van der Waals surface area contributed by atoms with Gasteiger partial charge in [0.2, 0.25) is 11.8 Å². The van der Waals surface area contributed by atoms with E-state index in [-0.39, 0.29) is 25.3 Å². The Labute approximate surface area is 174 Å². The van der Waals surface area contributed by atoms with E-state index in [4.69, 9.17) is 17.2 Å². The zero-order valence-corrected chi connectivity index (χ0v) is 18.0. The van der Waals surface area contributed by atoms with E-state index < -0.39 is 35.9 Å². The van der Waals surface area contributed by atoms with Crippen LogP contribution in [0.5, 0.6) is 0 Å². The zero-order chi connectivity index (χ0) is 21.5. The molecule has 12 heteroatoms. The Morgan fingerprint density at radius 1 is 0.964 bits per heavy atom. The van der Waals surface area contributed by atoms with Crippen molar-refractivity contribution in [2.24, 2.45) is 22.2 Å². The minimum atomic E-state index is -1.12. The van der Waals surface area contributed by atoms with Crippen molar-refractivity contribution in [3.63, 3.8) is 0 Å². The first-order valence-electron chi connectivity index (χ1n) is 8.85. The summed E-state index contributed by atoms with van der Waals surface area (Å²) in [4.78, 5) is 40.1. The third kappa shape index (κ3) is 11.9. The second-order valence-corrected chi connectivity index (χ2v) is 8.05. The molecular weight excluding hydrogens is 404 g/mol. The van der Waals surface area contributed by atoms with Gasteiger partial charge in [-0.2, -0.15) is 23.5 Å². The third-order valence-corrected chi connectivity index (χ3v) is 5.06. The topological polar surface area (TPSA) is 186 Å². The molecule has 0 fully saturated rings. The van der Waals surface area contributed by atoms with Gasteiger partial charge in [-0.1, -0.05) is 0 Å². The Kier molecular flexibility index (Phi) is 14.4. The number of thioether (sulfide) groups is 2. The molecule has 162 valence electrons. The second-order valence-electron chi connectivity index (χ2n) is 6.08. The number of guanidine groups is 1. The first kappa shape index (κ1) is 26.3. The number of aliphatic carboxylic acids is 1. The number of amides is 2. The number of aliphatic imine (C=N–C) groups is 1. The third-order valence-electron chi connectivity index (χ3n) is 3.77. The van der Waals surface area contributed by atoms with Gasteiger partial charge in [0.05, 0.1) is 6.04 Å². The molecule has 0 radical (unpaired) electrons. The molecule has 0 aromatic heterocycles. The number of nitrogens with zero attached hydrogens (tertiary/aromatic N) is 1. The molecule has 0 bridgehead atoms. The molecule has 0 heterocycles. The number of nitrogens with one attached hydrogen (secondary N) is 2. The summed E-state index contributed by atoms with van der Waals surface area (Å²) in [6, 6.07) is -2.69. The number of carbonyl (C=O) groups excluding carboxylic acids is 2. The number of carbonyl (C=O) groups is 3. The van der Waals surface area contributed by atoms with Crippen LogP contribution in [0.4, 0.5) is 0 Å². The maximum Gasteiger partial charge on any atom is 0.326 e. The lowest BCUT2D eigenvalue weighted by atomic mass is 10.1. The van der Waals surface area contributed by atoms with Gasteiger partial charge < -0.3 is 32.9 Å². The van der Waals surface area contributed by atoms with Gasteiger partial charge in [-0.05, 0) is 49.7 Å². The maximum absolute atomic E-state index is 12.6. The van der Waals surface area contributed by atoms with Crippen LogP contribution < -0.4 is 27.8 Å². The minimum absolute atomic E-state index is 0.0628. The maximum atomic E-state index is 12.6. The Hall–Kier alpha value is -1.66. The van der Waals surface area contributed by atoms with E-state index in [1.165, 1.54) is 11.8 Å². The van der Waals surface area contributed by atoms with Crippen molar-refractivity contribution < 1.29 is 19.5 Å². The minimum Gasteiger partial charge on any atom is -0.480 e. The molecule has 0 aliphatic heterocycles. The van der Waals surface area contributed by atoms with Crippen LogP contribution in [0.3, 0.4) is 0 Å². The molecule has 0 saturated carbocycles. The van der Waals surface area contributed by atoms with Crippen LogP contribution in [-0.4, -0.2) is 77.5 Å². The molecule has 0 aliphatic carbocycles. The van der Waals surface area contributed by atoms with Crippen LogP contribution in [0.2, 0.25) is 0 Å². The van der Waals surface area contributed by atoms with E-state index in [1.807, 2.05) is 12.5 Å². The summed E-state index contributed by atoms with van der Waals surface area (Å²) in [5.74, 6) is -0.906. The van der Waals surface area contributed by atoms with Crippen molar-refractivity contribution in [1.82, 2.24) is 10.6 Å². The van der Waals surface area contributed by atoms with Crippen LogP contribution in [0.1, 0.15) is 25.7 Å². The summed E-state index contributed by atoms with van der Waals surface area (Å²) < 4.78 is 0. The number of carboxylic acids is 1. The van der Waals surface area contributed by atoms with E-state index >= 15 is 0 Å². The molecule has 2 amide bonds. The highest BCUT2D eigenvalue weighted by molar-refractivity contribution is 7.98. The van der Waals surface area contributed by atoms with Crippen LogP contribution in [-0.2, 0) is 14.4 Å². The van der Waals surface area contributed by atoms with Gasteiger partial charge in [0.25, 0.3) is 0 Å². The molecule has 9 N–H and O–H groups in total. The van der Waals surface area contributed by atoms with Gasteiger partial charge in [0.1, 0.15) is 12.1 Å². The van der Waals surface area contributed by atoms with E-state index in [0.717, 1.165) is 0 Å². The van der Waals surface area contributed by atoms with Crippen molar-refractivity contribution >= 4 is 47.3 Å².